The summed E-state index contributed by atoms with van der Waals surface area (Å²) in [5.41, 5.74) is 6.34. The summed E-state index contributed by atoms with van der Waals surface area (Å²) < 4.78 is 4.11. The van der Waals surface area contributed by atoms with Gasteiger partial charge in [0.1, 0.15) is 10.6 Å². The number of rotatable bonds is 6. The van der Waals surface area contributed by atoms with Gasteiger partial charge in [-0.25, -0.2) is 0 Å². The molecule has 0 saturated heterocycles. The largest absolute Gasteiger partial charge is 0.382 e. The maximum atomic E-state index is 12.1. The van der Waals surface area contributed by atoms with Crippen LogP contribution in [0.3, 0.4) is 0 Å². The highest BCUT2D eigenvalue weighted by Crippen LogP contribution is 2.30. The Morgan fingerprint density at radius 3 is 2.67 bits per heavy atom. The van der Waals surface area contributed by atoms with Gasteiger partial charge < -0.3 is 16.0 Å². The highest BCUT2D eigenvalue weighted by Gasteiger charge is 2.22. The molecule has 5 nitrogen and oxygen atoms in total. The summed E-state index contributed by atoms with van der Waals surface area (Å²) >= 11 is 1.29. The minimum Gasteiger partial charge on any atom is -0.382 e. The van der Waals surface area contributed by atoms with Crippen molar-refractivity contribution in [1.29, 1.82) is 0 Å². The van der Waals surface area contributed by atoms with E-state index in [-0.39, 0.29) is 11.9 Å². The fourth-order valence-electron chi connectivity index (χ4n) is 1.73. The topological polar surface area (TPSA) is 71.2 Å². The zero-order chi connectivity index (χ0) is 13.7. The van der Waals surface area contributed by atoms with Gasteiger partial charge in [-0.15, -0.1) is 0 Å². The van der Waals surface area contributed by atoms with Gasteiger partial charge in [-0.2, -0.15) is 4.37 Å². The lowest BCUT2D eigenvalue weighted by molar-refractivity contribution is 0.0944. The summed E-state index contributed by atoms with van der Waals surface area (Å²) in [5, 5.41) is 3.74. The summed E-state index contributed by atoms with van der Waals surface area (Å²) in [5.74, 6) is 0.184. The molecule has 3 N–H and O–H groups in total. The summed E-state index contributed by atoms with van der Waals surface area (Å²) in [6, 6.07) is 0.0888. The predicted molar refractivity (Wildman–Crippen MR) is 77.3 cm³/mol. The van der Waals surface area contributed by atoms with Gasteiger partial charge in [-0.3, -0.25) is 4.79 Å². The van der Waals surface area contributed by atoms with Crippen LogP contribution in [0.1, 0.15) is 44.5 Å². The minimum absolute atomic E-state index is 0.0888. The fraction of sp³-hybridized carbons (Fsp3) is 0.667. The zero-order valence-electron chi connectivity index (χ0n) is 11.5. The van der Waals surface area contributed by atoms with E-state index in [1.54, 1.807) is 0 Å². The Hall–Kier alpha value is -1.30. The number of nitrogens with one attached hydrogen (secondary N) is 1. The van der Waals surface area contributed by atoms with Crippen molar-refractivity contribution in [3.63, 3.8) is 0 Å². The standard InChI is InChI=1S/C12H22N4OS/c1-5-7-16(6-2)12-9(10(13)15-18-12)11(17)14-8(3)4/h8H,5-7H2,1-4H3,(H2,13,15)(H,14,17). The number of nitrogens with two attached hydrogens (primary N) is 1. The Morgan fingerprint density at radius 1 is 1.50 bits per heavy atom. The molecule has 0 atom stereocenters. The van der Waals surface area contributed by atoms with Crippen LogP contribution in [0.4, 0.5) is 10.8 Å². The summed E-state index contributed by atoms with van der Waals surface area (Å²) in [7, 11) is 0. The lowest BCUT2D eigenvalue weighted by Crippen LogP contribution is -2.32. The smallest absolute Gasteiger partial charge is 0.258 e. The first-order valence-corrected chi connectivity index (χ1v) is 7.09. The number of anilines is 2. The molecular formula is C12H22N4OS. The van der Waals surface area contributed by atoms with Gasteiger partial charge in [-0.05, 0) is 38.7 Å². The Kier molecular flexibility index (Phi) is 5.40. The van der Waals surface area contributed by atoms with Gasteiger partial charge >= 0.3 is 0 Å². The molecule has 0 saturated carbocycles. The second-order valence-corrected chi connectivity index (χ2v) is 5.21. The van der Waals surface area contributed by atoms with Crippen molar-refractivity contribution in [2.24, 2.45) is 0 Å². The molecule has 18 heavy (non-hydrogen) atoms. The van der Waals surface area contributed by atoms with Gasteiger partial charge in [0, 0.05) is 19.1 Å². The molecule has 0 aromatic carbocycles. The maximum Gasteiger partial charge on any atom is 0.258 e. The number of carbonyl (C=O) groups is 1. The molecular weight excluding hydrogens is 248 g/mol. The van der Waals surface area contributed by atoms with Gasteiger partial charge in [0.15, 0.2) is 5.82 Å². The van der Waals surface area contributed by atoms with E-state index in [0.717, 1.165) is 24.5 Å². The van der Waals surface area contributed by atoms with Crippen LogP contribution in [0.5, 0.6) is 0 Å². The number of amides is 1. The number of carbonyl (C=O) groups excluding carboxylic acids is 1. The number of nitrogens with zero attached hydrogens (tertiary/aromatic N) is 2. The molecule has 102 valence electrons. The highest BCUT2D eigenvalue weighted by molar-refractivity contribution is 7.11. The van der Waals surface area contributed by atoms with Gasteiger partial charge in [0.25, 0.3) is 5.91 Å². The van der Waals surface area contributed by atoms with E-state index in [1.165, 1.54) is 11.5 Å². The lowest BCUT2D eigenvalue weighted by Gasteiger charge is -2.21. The van der Waals surface area contributed by atoms with Crippen LogP contribution in [0.2, 0.25) is 0 Å². The Balaban J connectivity index is 3.03. The van der Waals surface area contributed by atoms with E-state index in [1.807, 2.05) is 13.8 Å². The average molecular weight is 270 g/mol. The molecule has 0 aliphatic carbocycles. The Bertz CT molecular complexity index is 403. The molecule has 1 rings (SSSR count). The van der Waals surface area contributed by atoms with Crippen molar-refractivity contribution in [1.82, 2.24) is 9.69 Å². The molecule has 6 heteroatoms. The Morgan fingerprint density at radius 2 is 2.17 bits per heavy atom. The molecule has 1 heterocycles. The monoisotopic (exact) mass is 270 g/mol. The van der Waals surface area contributed by atoms with Gasteiger partial charge in [0.2, 0.25) is 0 Å². The second kappa shape index (κ2) is 6.58. The summed E-state index contributed by atoms with van der Waals surface area (Å²) in [6.07, 6.45) is 1.02. The maximum absolute atomic E-state index is 12.1. The lowest BCUT2D eigenvalue weighted by atomic mass is 10.2. The molecule has 0 radical (unpaired) electrons. The van der Waals surface area contributed by atoms with Crippen molar-refractivity contribution in [3.05, 3.63) is 5.56 Å². The van der Waals surface area contributed by atoms with Crippen molar-refractivity contribution >= 4 is 28.3 Å². The van der Waals surface area contributed by atoms with Crippen LogP contribution < -0.4 is 16.0 Å². The molecule has 1 aromatic heterocycles. The molecule has 1 amide bonds. The second-order valence-electron chi connectivity index (χ2n) is 4.46. The van der Waals surface area contributed by atoms with E-state index in [4.69, 9.17) is 5.73 Å². The van der Waals surface area contributed by atoms with Crippen LogP contribution in [0.15, 0.2) is 0 Å². The molecule has 1 aromatic rings. The third-order valence-electron chi connectivity index (χ3n) is 2.51. The normalized spacial score (nSPS) is 10.7. The van der Waals surface area contributed by atoms with Crippen molar-refractivity contribution in [3.8, 4) is 0 Å². The van der Waals surface area contributed by atoms with Crippen LogP contribution in [0.25, 0.3) is 0 Å². The SMILES string of the molecule is CCCN(CC)c1snc(N)c1C(=O)NC(C)C. The fourth-order valence-corrected chi connectivity index (χ4v) is 2.63. The molecule has 0 aliphatic rings. The molecule has 0 aliphatic heterocycles. The van der Waals surface area contributed by atoms with Crippen molar-refractivity contribution < 1.29 is 4.79 Å². The van der Waals surface area contributed by atoms with Gasteiger partial charge in [-0.1, -0.05) is 6.92 Å². The molecule has 0 unspecified atom stereocenters. The van der Waals surface area contributed by atoms with Crippen LogP contribution in [-0.2, 0) is 0 Å². The van der Waals surface area contributed by atoms with Crippen molar-refractivity contribution in [2.75, 3.05) is 23.7 Å². The summed E-state index contributed by atoms with van der Waals surface area (Å²) in [4.78, 5) is 14.3. The number of aromatic nitrogens is 1. The van der Waals surface area contributed by atoms with Crippen LogP contribution in [-0.4, -0.2) is 29.4 Å². The third kappa shape index (κ3) is 3.35. The van der Waals surface area contributed by atoms with E-state index >= 15 is 0 Å². The van der Waals surface area contributed by atoms with Crippen LogP contribution in [0, 0.1) is 0 Å². The van der Waals surface area contributed by atoms with E-state index in [9.17, 15) is 4.79 Å². The number of hydrogen-bond donors (Lipinski definition) is 2. The predicted octanol–water partition coefficient (Wildman–Crippen LogP) is 2.10. The number of hydrogen-bond acceptors (Lipinski definition) is 5. The minimum atomic E-state index is -0.138. The Labute approximate surface area is 113 Å². The van der Waals surface area contributed by atoms with Crippen molar-refractivity contribution in [2.45, 2.75) is 40.2 Å². The summed E-state index contributed by atoms with van der Waals surface area (Å²) in [6.45, 7) is 9.78. The average Bonchev–Trinajstić information content (AvgIpc) is 2.67. The van der Waals surface area contributed by atoms with E-state index < -0.39 is 0 Å². The first-order chi connectivity index (χ1) is 8.51. The molecule has 0 spiro atoms. The van der Waals surface area contributed by atoms with Crippen LogP contribution >= 0.6 is 11.5 Å². The highest BCUT2D eigenvalue weighted by atomic mass is 32.1. The first kappa shape index (κ1) is 14.8. The molecule has 0 bridgehead atoms. The zero-order valence-corrected chi connectivity index (χ0v) is 12.3. The molecule has 0 fully saturated rings. The third-order valence-corrected chi connectivity index (χ3v) is 3.43. The van der Waals surface area contributed by atoms with E-state index in [0.29, 0.717) is 11.4 Å². The van der Waals surface area contributed by atoms with E-state index in [2.05, 4.69) is 28.4 Å². The van der Waals surface area contributed by atoms with Gasteiger partial charge in [0.05, 0.1) is 0 Å². The number of nitrogen functional groups attached to an aromatic ring is 1. The quantitative estimate of drug-likeness (QED) is 0.830. The first-order valence-electron chi connectivity index (χ1n) is 6.32.